The fourth-order valence-electron chi connectivity index (χ4n) is 3.12. The van der Waals surface area contributed by atoms with Crippen molar-refractivity contribution in [1.82, 2.24) is 9.97 Å². The molecule has 6 nitrogen and oxygen atoms in total. The first-order chi connectivity index (χ1) is 12.9. The quantitative estimate of drug-likeness (QED) is 0.853. The lowest BCUT2D eigenvalue weighted by molar-refractivity contribution is -0.137. The minimum atomic E-state index is -4.49. The summed E-state index contributed by atoms with van der Waals surface area (Å²) in [5, 5.41) is 2.61. The van der Waals surface area contributed by atoms with Gasteiger partial charge < -0.3 is 16.0 Å². The van der Waals surface area contributed by atoms with Crippen molar-refractivity contribution in [3.05, 3.63) is 47.9 Å². The molecule has 1 fully saturated rings. The molecule has 3 rings (SSSR count). The van der Waals surface area contributed by atoms with Gasteiger partial charge in [-0.3, -0.25) is 9.78 Å². The van der Waals surface area contributed by atoms with Crippen LogP contribution in [0.4, 0.5) is 24.7 Å². The molecular weight excluding hydrogens is 359 g/mol. The number of benzene rings is 1. The molecule has 27 heavy (non-hydrogen) atoms. The monoisotopic (exact) mass is 379 g/mol. The van der Waals surface area contributed by atoms with E-state index in [0.717, 1.165) is 18.0 Å². The topological polar surface area (TPSA) is 84.1 Å². The van der Waals surface area contributed by atoms with Crippen LogP contribution in [0.5, 0.6) is 0 Å². The average molecular weight is 379 g/mol. The zero-order valence-corrected chi connectivity index (χ0v) is 14.5. The van der Waals surface area contributed by atoms with E-state index in [-0.39, 0.29) is 24.1 Å². The first-order valence-corrected chi connectivity index (χ1v) is 8.60. The van der Waals surface area contributed by atoms with Crippen LogP contribution >= 0.6 is 0 Å². The van der Waals surface area contributed by atoms with Crippen LogP contribution in [-0.4, -0.2) is 29.0 Å². The number of nitrogens with one attached hydrogen (secondary N) is 1. The van der Waals surface area contributed by atoms with Crippen LogP contribution in [0, 0.1) is 5.92 Å². The molecule has 1 aliphatic rings. The highest BCUT2D eigenvalue weighted by Gasteiger charge is 2.32. The lowest BCUT2D eigenvalue weighted by Crippen LogP contribution is -2.38. The third kappa shape index (κ3) is 4.73. The number of hydrogen-bond donors (Lipinski definition) is 2. The molecule has 3 N–H and O–H groups in total. The molecule has 9 heteroatoms. The third-order valence-electron chi connectivity index (χ3n) is 4.56. The first kappa shape index (κ1) is 19.1. The fourth-order valence-corrected chi connectivity index (χ4v) is 3.12. The Morgan fingerprint density at radius 3 is 2.56 bits per heavy atom. The SMILES string of the molecule is NCc1cc(NC(=O)C2CCN(c3cnccn3)CC2)cc(C(F)(F)F)c1. The average Bonchev–Trinajstić information content (AvgIpc) is 2.68. The van der Waals surface area contributed by atoms with Gasteiger partial charge in [-0.15, -0.1) is 0 Å². The molecule has 1 aliphatic heterocycles. The zero-order valence-electron chi connectivity index (χ0n) is 14.5. The Kier molecular flexibility index (Phi) is 5.59. The predicted molar refractivity (Wildman–Crippen MR) is 94.9 cm³/mol. The van der Waals surface area contributed by atoms with Crippen molar-refractivity contribution in [2.45, 2.75) is 25.6 Å². The summed E-state index contributed by atoms with van der Waals surface area (Å²) < 4.78 is 39.0. The second kappa shape index (κ2) is 7.91. The van der Waals surface area contributed by atoms with E-state index in [1.807, 2.05) is 4.90 Å². The van der Waals surface area contributed by atoms with E-state index in [9.17, 15) is 18.0 Å². The number of piperidine rings is 1. The number of halogens is 3. The van der Waals surface area contributed by atoms with Gasteiger partial charge in [0.15, 0.2) is 0 Å². The van der Waals surface area contributed by atoms with Crippen LogP contribution in [0.15, 0.2) is 36.8 Å². The van der Waals surface area contributed by atoms with Crippen molar-refractivity contribution in [2.75, 3.05) is 23.3 Å². The summed E-state index contributed by atoms with van der Waals surface area (Å²) in [5.41, 5.74) is 5.09. The summed E-state index contributed by atoms with van der Waals surface area (Å²) in [6, 6.07) is 3.41. The lowest BCUT2D eigenvalue weighted by atomic mass is 9.95. The molecule has 0 spiro atoms. The first-order valence-electron chi connectivity index (χ1n) is 8.60. The number of nitrogens with two attached hydrogens (primary N) is 1. The van der Waals surface area contributed by atoms with Gasteiger partial charge in [-0.25, -0.2) is 4.98 Å². The molecule has 0 radical (unpaired) electrons. The number of rotatable bonds is 4. The van der Waals surface area contributed by atoms with Crippen LogP contribution in [0.3, 0.4) is 0 Å². The summed E-state index contributed by atoms with van der Waals surface area (Å²) in [6.07, 6.45) is 1.55. The van der Waals surface area contributed by atoms with E-state index >= 15 is 0 Å². The number of nitrogens with zero attached hydrogens (tertiary/aromatic N) is 3. The van der Waals surface area contributed by atoms with Crippen LogP contribution < -0.4 is 16.0 Å². The van der Waals surface area contributed by atoms with Gasteiger partial charge >= 0.3 is 6.18 Å². The molecule has 0 unspecified atom stereocenters. The van der Waals surface area contributed by atoms with Gasteiger partial charge in [0.25, 0.3) is 0 Å². The van der Waals surface area contributed by atoms with Gasteiger partial charge in [0.05, 0.1) is 11.8 Å². The van der Waals surface area contributed by atoms with E-state index in [1.54, 1.807) is 18.6 Å². The molecule has 1 amide bonds. The number of alkyl halides is 3. The summed E-state index contributed by atoms with van der Waals surface area (Å²) in [6.45, 7) is 1.23. The Labute approximate surface area is 154 Å². The second-order valence-corrected chi connectivity index (χ2v) is 6.43. The largest absolute Gasteiger partial charge is 0.416 e. The van der Waals surface area contributed by atoms with Gasteiger partial charge in [-0.05, 0) is 36.6 Å². The molecule has 1 aromatic heterocycles. The summed E-state index contributed by atoms with van der Waals surface area (Å²) in [4.78, 5) is 22.8. The highest BCUT2D eigenvalue weighted by atomic mass is 19.4. The number of hydrogen-bond acceptors (Lipinski definition) is 5. The van der Waals surface area contributed by atoms with Crippen molar-refractivity contribution in [1.29, 1.82) is 0 Å². The molecule has 1 saturated heterocycles. The smallest absolute Gasteiger partial charge is 0.355 e. The van der Waals surface area contributed by atoms with E-state index in [2.05, 4.69) is 15.3 Å². The second-order valence-electron chi connectivity index (χ2n) is 6.43. The number of carbonyl (C=O) groups is 1. The van der Waals surface area contributed by atoms with Gasteiger partial charge in [0.2, 0.25) is 5.91 Å². The summed E-state index contributed by atoms with van der Waals surface area (Å²) >= 11 is 0. The van der Waals surface area contributed by atoms with Crippen molar-refractivity contribution in [2.24, 2.45) is 11.7 Å². The summed E-state index contributed by atoms with van der Waals surface area (Å²) in [7, 11) is 0. The maximum Gasteiger partial charge on any atom is 0.416 e. The van der Waals surface area contributed by atoms with E-state index in [0.29, 0.717) is 31.5 Å². The molecule has 0 atom stereocenters. The Bertz CT molecular complexity index is 789. The number of amides is 1. The van der Waals surface area contributed by atoms with Crippen LogP contribution in [0.25, 0.3) is 0 Å². The molecule has 1 aromatic carbocycles. The highest BCUT2D eigenvalue weighted by Crippen LogP contribution is 2.32. The maximum atomic E-state index is 13.0. The normalized spacial score (nSPS) is 15.6. The van der Waals surface area contributed by atoms with Crippen molar-refractivity contribution in [3.8, 4) is 0 Å². The minimum Gasteiger partial charge on any atom is -0.355 e. The zero-order chi connectivity index (χ0) is 19.4. The van der Waals surface area contributed by atoms with Crippen LogP contribution in [0.2, 0.25) is 0 Å². The number of carbonyl (C=O) groups excluding carboxylic acids is 1. The molecule has 0 bridgehead atoms. The molecule has 0 saturated carbocycles. The van der Waals surface area contributed by atoms with Gasteiger partial charge in [-0.1, -0.05) is 0 Å². The molecule has 144 valence electrons. The Morgan fingerprint density at radius 2 is 1.96 bits per heavy atom. The molecule has 2 aromatic rings. The Morgan fingerprint density at radius 1 is 1.22 bits per heavy atom. The Hall–Kier alpha value is -2.68. The summed E-state index contributed by atoms with van der Waals surface area (Å²) in [5.74, 6) is 0.201. The van der Waals surface area contributed by atoms with Crippen LogP contribution in [0.1, 0.15) is 24.0 Å². The highest BCUT2D eigenvalue weighted by molar-refractivity contribution is 5.93. The Balaban J connectivity index is 1.64. The van der Waals surface area contributed by atoms with Crippen molar-refractivity contribution in [3.63, 3.8) is 0 Å². The van der Waals surface area contributed by atoms with Gasteiger partial charge in [0, 0.05) is 43.6 Å². The molecular formula is C18H20F3N5O. The van der Waals surface area contributed by atoms with Gasteiger partial charge in [0.1, 0.15) is 5.82 Å². The van der Waals surface area contributed by atoms with Crippen molar-refractivity contribution < 1.29 is 18.0 Å². The number of anilines is 2. The molecule has 0 aliphatic carbocycles. The fraction of sp³-hybridized carbons (Fsp3) is 0.389. The number of aromatic nitrogens is 2. The maximum absolute atomic E-state index is 13.0. The van der Waals surface area contributed by atoms with Crippen LogP contribution in [-0.2, 0) is 17.5 Å². The van der Waals surface area contributed by atoms with E-state index < -0.39 is 11.7 Å². The minimum absolute atomic E-state index is 0.0384. The van der Waals surface area contributed by atoms with Gasteiger partial charge in [-0.2, -0.15) is 13.2 Å². The molecule has 2 heterocycles. The third-order valence-corrected chi connectivity index (χ3v) is 4.56. The van der Waals surface area contributed by atoms with E-state index in [1.165, 1.54) is 6.07 Å². The predicted octanol–water partition coefficient (Wildman–Crippen LogP) is 2.81. The standard InChI is InChI=1S/C18H20F3N5O/c19-18(20,21)14-7-12(10-22)8-15(9-14)25-17(27)13-1-5-26(6-2-13)16-11-23-3-4-24-16/h3-4,7-9,11,13H,1-2,5-6,10,22H2,(H,25,27). The van der Waals surface area contributed by atoms with E-state index in [4.69, 9.17) is 5.73 Å². The van der Waals surface area contributed by atoms with Crippen molar-refractivity contribution >= 4 is 17.4 Å². The lowest BCUT2D eigenvalue weighted by Gasteiger charge is -2.31.